The molecular formula is C33H41N5O5S2. The molecule has 4 atom stereocenters. The van der Waals surface area contributed by atoms with Crippen LogP contribution in [0.3, 0.4) is 0 Å². The Morgan fingerprint density at radius 3 is 2.58 bits per heavy atom. The van der Waals surface area contributed by atoms with E-state index in [2.05, 4.69) is 15.6 Å². The first-order valence-electron chi connectivity index (χ1n) is 14.8. The number of hydrogen-bond acceptors (Lipinski definition) is 9. The van der Waals surface area contributed by atoms with Crippen molar-refractivity contribution in [1.29, 1.82) is 0 Å². The number of carbonyl (C=O) groups excluding carboxylic acids is 3. The summed E-state index contributed by atoms with van der Waals surface area (Å²) in [7, 11) is 0. The molecule has 0 bridgehead atoms. The molecule has 1 fully saturated rings. The van der Waals surface area contributed by atoms with Crippen molar-refractivity contribution < 1.29 is 24.2 Å². The van der Waals surface area contributed by atoms with Gasteiger partial charge in [0.1, 0.15) is 28.9 Å². The predicted molar refractivity (Wildman–Crippen MR) is 181 cm³/mol. The number of Topliss-reactive ketones (excluding diaryl/α,β-unsaturated/α-hetero) is 1. The highest BCUT2D eigenvalue weighted by atomic mass is 32.2. The van der Waals surface area contributed by atoms with E-state index in [1.165, 1.54) is 16.7 Å². The summed E-state index contributed by atoms with van der Waals surface area (Å²) in [6.45, 7) is 7.01. The molecule has 3 aromatic rings. The van der Waals surface area contributed by atoms with Crippen LogP contribution in [0.15, 0.2) is 67.0 Å². The number of ether oxygens (including phenoxy) is 1. The standard InChI is InChI=1S/C33H41N5O5S2/c1-5-33(34,27(39)18-43-26-13-9-12-22-17-35-15-14-23(22)26)31(44)36-24(16-21-10-7-6-8-11-21)28(40)30(42)38-20-45-19-25(38)29(41)37-32(2,3)4/h6-15,17,24-25,28,40H,5,16,18-20,34H2,1-4H3,(H,36,44)(H,37,41)/t24-,25-,28-,33+/m0/s1. The van der Waals surface area contributed by atoms with E-state index in [1.807, 2.05) is 63.2 Å². The molecule has 12 heteroatoms. The normalized spacial score (nSPS) is 17.6. The van der Waals surface area contributed by atoms with Gasteiger partial charge in [0, 0.05) is 34.5 Å². The lowest BCUT2D eigenvalue weighted by atomic mass is 9.90. The Kier molecular flexibility index (Phi) is 11.2. The lowest BCUT2D eigenvalue weighted by molar-refractivity contribution is -0.146. The summed E-state index contributed by atoms with van der Waals surface area (Å²) in [5.74, 6) is -0.157. The van der Waals surface area contributed by atoms with E-state index in [4.69, 9.17) is 22.7 Å². The maximum Gasteiger partial charge on any atom is 0.254 e. The minimum absolute atomic E-state index is 0.00803. The van der Waals surface area contributed by atoms with Crippen molar-refractivity contribution in [3.8, 4) is 5.75 Å². The highest BCUT2D eigenvalue weighted by Crippen LogP contribution is 2.26. The van der Waals surface area contributed by atoms with E-state index in [9.17, 15) is 19.5 Å². The molecule has 10 nitrogen and oxygen atoms in total. The molecular weight excluding hydrogens is 611 g/mol. The molecule has 0 unspecified atom stereocenters. The van der Waals surface area contributed by atoms with Gasteiger partial charge in [-0.2, -0.15) is 0 Å². The van der Waals surface area contributed by atoms with Gasteiger partial charge in [0.2, 0.25) is 5.91 Å². The molecule has 1 aliphatic heterocycles. The molecule has 1 saturated heterocycles. The number of pyridine rings is 1. The number of aromatic nitrogens is 1. The Bertz CT molecular complexity index is 1530. The molecule has 0 aliphatic carbocycles. The monoisotopic (exact) mass is 651 g/mol. The Morgan fingerprint density at radius 1 is 1.16 bits per heavy atom. The second kappa shape index (κ2) is 14.7. The Balaban J connectivity index is 1.52. The molecule has 1 aliphatic rings. The number of nitrogens with zero attached hydrogens (tertiary/aromatic N) is 2. The average molecular weight is 652 g/mol. The number of nitrogens with two attached hydrogens (primary N) is 1. The SMILES string of the molecule is CC[C@@](N)(C(=O)COc1cccc2cnccc12)C(=S)N[C@@H](Cc1ccccc1)[C@H](O)C(=O)N1CSC[C@H]1C(=O)NC(C)(C)C. The molecule has 1 aromatic heterocycles. The quantitative estimate of drug-likeness (QED) is 0.216. The molecule has 5 N–H and O–H groups in total. The van der Waals surface area contributed by atoms with Crippen LogP contribution in [0.1, 0.15) is 39.7 Å². The van der Waals surface area contributed by atoms with Gasteiger partial charge in [-0.05, 0) is 51.3 Å². The minimum atomic E-state index is -1.63. The van der Waals surface area contributed by atoms with E-state index >= 15 is 0 Å². The second-order valence-corrected chi connectivity index (χ2v) is 13.6. The highest BCUT2D eigenvalue weighted by molar-refractivity contribution is 7.99. The fraction of sp³-hybridized carbons (Fsp3) is 0.424. The van der Waals surface area contributed by atoms with Crippen LogP contribution in [-0.4, -0.2) is 85.1 Å². The Labute approximate surface area is 273 Å². The van der Waals surface area contributed by atoms with Crippen LogP contribution in [0.25, 0.3) is 10.8 Å². The summed E-state index contributed by atoms with van der Waals surface area (Å²) in [6, 6.07) is 14.9. The van der Waals surface area contributed by atoms with E-state index in [0.29, 0.717) is 11.5 Å². The average Bonchev–Trinajstić information content (AvgIpc) is 3.52. The minimum Gasteiger partial charge on any atom is -0.485 e. The molecule has 0 spiro atoms. The third-order valence-corrected chi connectivity index (χ3v) is 9.17. The summed E-state index contributed by atoms with van der Waals surface area (Å²) in [6.07, 6.45) is 2.14. The number of thioether (sulfide) groups is 1. The van der Waals surface area contributed by atoms with Crippen LogP contribution in [0, 0.1) is 0 Å². The highest BCUT2D eigenvalue weighted by Gasteiger charge is 2.43. The lowest BCUT2D eigenvalue weighted by Gasteiger charge is -2.34. The first kappa shape index (κ1) is 34.3. The van der Waals surface area contributed by atoms with Crippen molar-refractivity contribution >= 4 is 57.3 Å². The first-order valence-corrected chi connectivity index (χ1v) is 16.4. The van der Waals surface area contributed by atoms with Crippen molar-refractivity contribution in [1.82, 2.24) is 20.5 Å². The number of carbonyl (C=O) groups is 3. The third-order valence-electron chi connectivity index (χ3n) is 7.68. The topological polar surface area (TPSA) is 147 Å². The van der Waals surface area contributed by atoms with Gasteiger partial charge in [-0.3, -0.25) is 19.4 Å². The fourth-order valence-corrected chi connectivity index (χ4v) is 6.63. The van der Waals surface area contributed by atoms with Gasteiger partial charge < -0.3 is 31.1 Å². The summed E-state index contributed by atoms with van der Waals surface area (Å²) >= 11 is 7.15. The maximum absolute atomic E-state index is 13.7. The van der Waals surface area contributed by atoms with Gasteiger partial charge in [0.05, 0.1) is 11.9 Å². The summed E-state index contributed by atoms with van der Waals surface area (Å²) in [5.41, 5.74) is 5.37. The van der Waals surface area contributed by atoms with Crippen LogP contribution in [0.4, 0.5) is 0 Å². The van der Waals surface area contributed by atoms with Crippen LogP contribution in [-0.2, 0) is 20.8 Å². The molecule has 0 radical (unpaired) electrons. The lowest BCUT2D eigenvalue weighted by Crippen LogP contribution is -2.64. The van der Waals surface area contributed by atoms with E-state index < -0.39 is 41.0 Å². The molecule has 2 aromatic carbocycles. The number of rotatable bonds is 12. The van der Waals surface area contributed by atoms with E-state index in [-0.39, 0.29) is 36.2 Å². The summed E-state index contributed by atoms with van der Waals surface area (Å²) in [4.78, 5) is 45.8. The smallest absolute Gasteiger partial charge is 0.254 e. The van der Waals surface area contributed by atoms with Crippen LogP contribution >= 0.6 is 24.0 Å². The molecule has 0 saturated carbocycles. The zero-order valence-corrected chi connectivity index (χ0v) is 27.6. The number of benzene rings is 2. The molecule has 45 heavy (non-hydrogen) atoms. The number of nitrogens with one attached hydrogen (secondary N) is 2. The van der Waals surface area contributed by atoms with Crippen molar-refractivity contribution in [3.63, 3.8) is 0 Å². The number of amides is 2. The zero-order valence-electron chi connectivity index (χ0n) is 26.0. The first-order chi connectivity index (χ1) is 21.3. The van der Waals surface area contributed by atoms with E-state index in [1.54, 1.807) is 31.5 Å². The van der Waals surface area contributed by atoms with Crippen molar-refractivity contribution in [2.75, 3.05) is 18.2 Å². The maximum atomic E-state index is 13.7. The van der Waals surface area contributed by atoms with Crippen LogP contribution < -0.4 is 21.1 Å². The molecule has 2 amide bonds. The van der Waals surface area contributed by atoms with Crippen LogP contribution in [0.2, 0.25) is 0 Å². The second-order valence-electron chi connectivity index (χ2n) is 12.2. The molecule has 4 rings (SSSR count). The molecule has 240 valence electrons. The van der Waals surface area contributed by atoms with E-state index in [0.717, 1.165) is 16.3 Å². The number of aliphatic hydroxyl groups is 1. The van der Waals surface area contributed by atoms with Gasteiger partial charge in [0.15, 0.2) is 11.9 Å². The predicted octanol–water partition coefficient (Wildman–Crippen LogP) is 3.00. The van der Waals surface area contributed by atoms with Gasteiger partial charge in [-0.15, -0.1) is 11.8 Å². The number of ketones is 1. The van der Waals surface area contributed by atoms with Gasteiger partial charge in [-0.25, -0.2) is 0 Å². The summed E-state index contributed by atoms with van der Waals surface area (Å²) in [5, 5.41) is 19.2. The van der Waals surface area contributed by atoms with Crippen molar-refractivity contribution in [2.24, 2.45) is 5.73 Å². The Morgan fingerprint density at radius 2 is 1.89 bits per heavy atom. The number of aliphatic hydroxyl groups excluding tert-OH is 1. The van der Waals surface area contributed by atoms with Crippen LogP contribution in [0.5, 0.6) is 5.75 Å². The number of thiocarbonyl (C=S) groups is 1. The van der Waals surface area contributed by atoms with Crippen molar-refractivity contribution in [2.45, 2.75) is 69.8 Å². The third kappa shape index (κ3) is 8.37. The number of hydrogen-bond donors (Lipinski definition) is 4. The molecule has 2 heterocycles. The summed E-state index contributed by atoms with van der Waals surface area (Å²) < 4.78 is 5.91. The van der Waals surface area contributed by atoms with Crippen molar-refractivity contribution in [3.05, 3.63) is 72.6 Å². The van der Waals surface area contributed by atoms with Gasteiger partial charge in [-0.1, -0.05) is 61.6 Å². The van der Waals surface area contributed by atoms with Gasteiger partial charge in [0.25, 0.3) is 5.91 Å². The largest absolute Gasteiger partial charge is 0.485 e. The Hall–Kier alpha value is -3.58. The zero-order chi connectivity index (χ0) is 32.8. The van der Waals surface area contributed by atoms with Gasteiger partial charge >= 0.3 is 0 Å². The number of fused-ring (bicyclic) bond motifs is 1. The fourth-order valence-electron chi connectivity index (χ4n) is 5.05.